The minimum atomic E-state index is -0.482. The Bertz CT molecular complexity index is 504. The van der Waals surface area contributed by atoms with Crippen LogP contribution in [-0.4, -0.2) is 49.4 Å². The van der Waals surface area contributed by atoms with Gasteiger partial charge in [-0.25, -0.2) is 4.39 Å². The van der Waals surface area contributed by atoms with Crippen molar-refractivity contribution in [3.63, 3.8) is 0 Å². The van der Waals surface area contributed by atoms with Crippen molar-refractivity contribution in [1.82, 2.24) is 10.2 Å². The maximum Gasteiger partial charge on any atom is 0.168 e. The van der Waals surface area contributed by atoms with Gasteiger partial charge in [-0.3, -0.25) is 4.90 Å². The molecular weight excluding hydrogens is 354 g/mol. The molecule has 4 nitrogen and oxygen atoms in total. The summed E-state index contributed by atoms with van der Waals surface area (Å²) in [5, 5.41) is 13.7. The monoisotopic (exact) mass is 380 g/mol. The highest BCUT2D eigenvalue weighted by Gasteiger charge is 2.33. The van der Waals surface area contributed by atoms with Crippen LogP contribution in [0.5, 0.6) is 5.75 Å². The van der Waals surface area contributed by atoms with E-state index in [-0.39, 0.29) is 36.6 Å². The Morgan fingerprint density at radius 2 is 1.83 bits per heavy atom. The highest BCUT2D eigenvalue weighted by Crippen LogP contribution is 2.40. The van der Waals surface area contributed by atoms with Crippen LogP contribution in [-0.2, 0) is 4.74 Å². The predicted octanol–water partition coefficient (Wildman–Crippen LogP) is 3.06. The molecule has 2 aliphatic heterocycles. The zero-order valence-electron chi connectivity index (χ0n) is 14.0. The molecule has 2 aliphatic rings. The summed E-state index contributed by atoms with van der Waals surface area (Å²) in [5.41, 5.74) is 1.23. The van der Waals surface area contributed by atoms with Crippen LogP contribution in [0, 0.1) is 18.7 Å². The van der Waals surface area contributed by atoms with Crippen LogP contribution in [0.3, 0.4) is 0 Å². The van der Waals surface area contributed by atoms with Crippen molar-refractivity contribution in [2.45, 2.75) is 25.8 Å². The maximum atomic E-state index is 14.2. The van der Waals surface area contributed by atoms with Crippen molar-refractivity contribution in [3.05, 3.63) is 29.1 Å². The number of rotatable bonds is 3. The van der Waals surface area contributed by atoms with E-state index >= 15 is 0 Å². The topological polar surface area (TPSA) is 44.7 Å². The smallest absolute Gasteiger partial charge is 0.168 e. The number of phenols is 1. The van der Waals surface area contributed by atoms with Crippen molar-refractivity contribution in [2.24, 2.45) is 5.92 Å². The Kier molecular flexibility index (Phi) is 8.74. The third-order valence-corrected chi connectivity index (χ3v) is 4.92. The van der Waals surface area contributed by atoms with Crippen molar-refractivity contribution >= 4 is 24.8 Å². The quantitative estimate of drug-likeness (QED) is 0.845. The molecule has 24 heavy (non-hydrogen) atoms. The van der Waals surface area contributed by atoms with Gasteiger partial charge in [0.15, 0.2) is 11.6 Å². The molecule has 0 saturated carbocycles. The average molecular weight is 381 g/mol. The fraction of sp³-hybridized carbons (Fsp3) is 0.647. The summed E-state index contributed by atoms with van der Waals surface area (Å²) in [6, 6.07) is 3.75. The number of hydrogen-bond acceptors (Lipinski definition) is 4. The number of hydrogen-bond donors (Lipinski definition) is 2. The van der Waals surface area contributed by atoms with Crippen molar-refractivity contribution < 1.29 is 14.2 Å². The van der Waals surface area contributed by atoms with E-state index in [1.807, 2.05) is 6.07 Å². The second-order valence-corrected chi connectivity index (χ2v) is 6.31. The third-order valence-electron chi connectivity index (χ3n) is 4.92. The summed E-state index contributed by atoms with van der Waals surface area (Å²) in [7, 11) is 0. The Balaban J connectivity index is 0.00000144. The molecule has 1 atom stereocenters. The molecule has 1 aromatic rings. The van der Waals surface area contributed by atoms with E-state index in [0.717, 1.165) is 57.8 Å². The number of nitrogens with one attached hydrogen (secondary N) is 1. The number of benzene rings is 1. The van der Waals surface area contributed by atoms with Crippen LogP contribution < -0.4 is 5.32 Å². The zero-order chi connectivity index (χ0) is 15.5. The van der Waals surface area contributed by atoms with Gasteiger partial charge < -0.3 is 15.2 Å². The zero-order valence-corrected chi connectivity index (χ0v) is 15.6. The van der Waals surface area contributed by atoms with Crippen LogP contribution in [0.2, 0.25) is 0 Å². The minimum Gasteiger partial charge on any atom is -0.505 e. The average Bonchev–Trinajstić information content (AvgIpc) is 2.57. The molecule has 3 rings (SSSR count). The van der Waals surface area contributed by atoms with Crippen molar-refractivity contribution in [1.29, 1.82) is 0 Å². The summed E-state index contributed by atoms with van der Waals surface area (Å²) in [4.78, 5) is 2.39. The van der Waals surface area contributed by atoms with Crippen LogP contribution in [0.4, 0.5) is 4.39 Å². The fourth-order valence-corrected chi connectivity index (χ4v) is 3.66. The van der Waals surface area contributed by atoms with E-state index in [1.54, 1.807) is 13.0 Å². The largest absolute Gasteiger partial charge is 0.505 e. The van der Waals surface area contributed by atoms with Gasteiger partial charge >= 0.3 is 0 Å². The van der Waals surface area contributed by atoms with E-state index < -0.39 is 5.82 Å². The van der Waals surface area contributed by atoms with Crippen LogP contribution >= 0.6 is 24.8 Å². The molecule has 0 unspecified atom stereocenters. The lowest BCUT2D eigenvalue weighted by molar-refractivity contribution is 0.0205. The first-order valence-electron chi connectivity index (χ1n) is 8.19. The highest BCUT2D eigenvalue weighted by molar-refractivity contribution is 5.85. The Labute approximate surface area is 155 Å². The van der Waals surface area contributed by atoms with Gasteiger partial charge in [0, 0.05) is 51.0 Å². The first kappa shape index (κ1) is 21.5. The lowest BCUT2D eigenvalue weighted by atomic mass is 9.84. The lowest BCUT2D eigenvalue weighted by Gasteiger charge is -2.41. The van der Waals surface area contributed by atoms with E-state index in [4.69, 9.17) is 4.74 Å². The summed E-state index contributed by atoms with van der Waals surface area (Å²) >= 11 is 0. The lowest BCUT2D eigenvalue weighted by Crippen LogP contribution is -2.47. The number of phenolic OH excluding ortho intramolecular Hbond substituents is 1. The van der Waals surface area contributed by atoms with Gasteiger partial charge in [0.2, 0.25) is 0 Å². The van der Waals surface area contributed by atoms with Gasteiger partial charge in [0.1, 0.15) is 0 Å². The number of piperazine rings is 1. The van der Waals surface area contributed by atoms with Crippen molar-refractivity contribution in [2.75, 3.05) is 39.4 Å². The normalized spacial score (nSPS) is 20.8. The Hall–Kier alpha value is -0.590. The SMILES string of the molecule is Cc1ccc([C@@H](C2CCOCC2)N2CCNCC2)c(O)c1F.Cl.Cl. The summed E-state index contributed by atoms with van der Waals surface area (Å²) in [6.07, 6.45) is 1.92. The molecule has 2 N–H and O–H groups in total. The predicted molar refractivity (Wildman–Crippen MR) is 98.0 cm³/mol. The molecular formula is C17H27Cl2FN2O2. The maximum absolute atomic E-state index is 14.2. The Morgan fingerprint density at radius 1 is 1.21 bits per heavy atom. The van der Waals surface area contributed by atoms with Crippen molar-refractivity contribution in [3.8, 4) is 5.75 Å². The highest BCUT2D eigenvalue weighted by atomic mass is 35.5. The molecule has 0 aromatic heterocycles. The van der Waals surface area contributed by atoms with E-state index in [0.29, 0.717) is 11.5 Å². The van der Waals surface area contributed by atoms with E-state index in [2.05, 4.69) is 10.2 Å². The number of halogens is 3. The molecule has 0 spiro atoms. The van der Waals surface area contributed by atoms with Gasteiger partial charge in [0.25, 0.3) is 0 Å². The third kappa shape index (κ3) is 4.52. The van der Waals surface area contributed by atoms with Crippen LogP contribution in [0.15, 0.2) is 12.1 Å². The summed E-state index contributed by atoms with van der Waals surface area (Å²) < 4.78 is 19.7. The van der Waals surface area contributed by atoms with E-state index in [9.17, 15) is 9.50 Å². The Morgan fingerprint density at radius 3 is 2.46 bits per heavy atom. The molecule has 1 aromatic carbocycles. The van der Waals surface area contributed by atoms with Gasteiger partial charge in [-0.05, 0) is 31.2 Å². The molecule has 0 bridgehead atoms. The van der Waals surface area contributed by atoms with Crippen LogP contribution in [0.1, 0.15) is 30.0 Å². The second kappa shape index (κ2) is 9.78. The minimum absolute atomic E-state index is 0. The molecule has 0 radical (unpaired) electrons. The second-order valence-electron chi connectivity index (χ2n) is 6.31. The fourth-order valence-electron chi connectivity index (χ4n) is 3.66. The van der Waals surface area contributed by atoms with Crippen LogP contribution in [0.25, 0.3) is 0 Å². The standard InChI is InChI=1S/C17H25FN2O2.2ClH/c1-12-2-3-14(17(21)15(12)18)16(13-4-10-22-11-5-13)20-8-6-19-7-9-20;;/h2-3,13,16,19,21H,4-11H2,1H3;2*1H/t16-;;/m1../s1. The molecule has 0 amide bonds. The van der Waals surface area contributed by atoms with Gasteiger partial charge in [0.05, 0.1) is 0 Å². The molecule has 2 fully saturated rings. The van der Waals surface area contributed by atoms with Gasteiger partial charge in [-0.2, -0.15) is 0 Å². The number of aryl methyl sites for hydroxylation is 1. The van der Waals surface area contributed by atoms with Gasteiger partial charge in [-0.1, -0.05) is 12.1 Å². The number of ether oxygens (including phenoxy) is 1. The van der Waals surface area contributed by atoms with Gasteiger partial charge in [-0.15, -0.1) is 24.8 Å². The number of aromatic hydroxyl groups is 1. The van der Waals surface area contributed by atoms with E-state index in [1.165, 1.54) is 0 Å². The molecule has 2 saturated heterocycles. The molecule has 7 heteroatoms. The molecule has 138 valence electrons. The summed E-state index contributed by atoms with van der Waals surface area (Å²) in [5.74, 6) is -0.250. The first-order chi connectivity index (χ1) is 10.7. The molecule has 0 aliphatic carbocycles. The first-order valence-corrected chi connectivity index (χ1v) is 8.19. The number of nitrogens with zero attached hydrogens (tertiary/aromatic N) is 1. The summed E-state index contributed by atoms with van der Waals surface area (Å²) in [6.45, 7) is 6.93. The molecule has 2 heterocycles.